The van der Waals surface area contributed by atoms with E-state index in [1.807, 2.05) is 6.07 Å². The first-order chi connectivity index (χ1) is 16.3. The summed E-state index contributed by atoms with van der Waals surface area (Å²) in [5.74, 6) is 1.24. The zero-order chi connectivity index (χ0) is 23.4. The first-order valence-electron chi connectivity index (χ1n) is 11.6. The molecule has 1 aliphatic heterocycles. The molecule has 2 fully saturated rings. The molecule has 34 heavy (non-hydrogen) atoms. The Labute approximate surface area is 194 Å². The lowest BCUT2D eigenvalue weighted by Crippen LogP contribution is -2.25. The van der Waals surface area contributed by atoms with Crippen LogP contribution in [0.25, 0.3) is 10.9 Å². The molecule has 0 bridgehead atoms. The number of carbonyl (C=O) groups is 1. The van der Waals surface area contributed by atoms with Crippen molar-refractivity contribution in [3.63, 3.8) is 0 Å². The van der Waals surface area contributed by atoms with Gasteiger partial charge < -0.3 is 14.8 Å². The molecule has 176 valence electrons. The van der Waals surface area contributed by atoms with E-state index >= 15 is 0 Å². The number of nitrogens with zero attached hydrogens (tertiary/aromatic N) is 1. The van der Waals surface area contributed by atoms with Gasteiger partial charge in [-0.15, -0.1) is 8.78 Å². The van der Waals surface area contributed by atoms with Crippen molar-refractivity contribution in [3.05, 3.63) is 60.0 Å². The first-order valence-corrected chi connectivity index (χ1v) is 11.6. The monoisotopic (exact) mass is 468 g/mol. The molecule has 0 radical (unpaired) electrons. The number of amides is 1. The van der Waals surface area contributed by atoms with Gasteiger partial charge in [0.05, 0.1) is 5.52 Å². The van der Waals surface area contributed by atoms with Gasteiger partial charge in [0.25, 0.3) is 0 Å². The van der Waals surface area contributed by atoms with E-state index < -0.39 is 6.29 Å². The summed E-state index contributed by atoms with van der Waals surface area (Å²) in [5, 5.41) is 3.68. The third-order valence-corrected chi connectivity index (χ3v) is 7.45. The summed E-state index contributed by atoms with van der Waals surface area (Å²) in [6.45, 7) is 0. The third kappa shape index (κ3) is 3.95. The summed E-state index contributed by atoms with van der Waals surface area (Å²) in [5.41, 5.74) is 2.39. The van der Waals surface area contributed by atoms with Crippen molar-refractivity contribution in [1.29, 1.82) is 0 Å². The second-order valence-electron chi connectivity index (χ2n) is 9.67. The summed E-state index contributed by atoms with van der Waals surface area (Å²) in [4.78, 5) is 17.0. The first kappa shape index (κ1) is 21.3. The van der Waals surface area contributed by atoms with E-state index in [-0.39, 0.29) is 23.2 Å². The van der Waals surface area contributed by atoms with E-state index in [2.05, 4.69) is 19.8 Å². The van der Waals surface area contributed by atoms with Crippen LogP contribution in [0.3, 0.4) is 0 Å². The van der Waals surface area contributed by atoms with E-state index in [1.54, 1.807) is 18.3 Å². The standard InChI is InChI=1S/C26H23F3N2O3/c27-18-1-3-22-21(12-18)20(5-6-30-22)17-10-15-7-14(8-16(15)11-17)9-25(32)31-19-2-4-23-24(13-19)34-26(28,29)33-23/h1-6,12-17H,7-11H2,(H,31,32). The van der Waals surface area contributed by atoms with Crippen LogP contribution in [-0.4, -0.2) is 17.2 Å². The lowest BCUT2D eigenvalue weighted by atomic mass is 9.89. The number of halogens is 3. The van der Waals surface area contributed by atoms with Crippen LogP contribution in [0.4, 0.5) is 18.9 Å². The van der Waals surface area contributed by atoms with Gasteiger partial charge in [-0.25, -0.2) is 4.39 Å². The van der Waals surface area contributed by atoms with Gasteiger partial charge in [-0.05, 0) is 91.3 Å². The predicted octanol–water partition coefficient (Wildman–Crippen LogP) is 6.24. The molecule has 1 aromatic heterocycles. The summed E-state index contributed by atoms with van der Waals surface area (Å²) < 4.78 is 49.1. The number of benzene rings is 2. The molecule has 3 aromatic rings. The number of hydrogen-bond donors (Lipinski definition) is 1. The van der Waals surface area contributed by atoms with Gasteiger partial charge in [0.1, 0.15) is 5.82 Å². The van der Waals surface area contributed by atoms with E-state index in [9.17, 15) is 18.0 Å². The van der Waals surface area contributed by atoms with E-state index in [0.717, 1.165) is 36.6 Å². The highest BCUT2D eigenvalue weighted by Gasteiger charge is 2.44. The van der Waals surface area contributed by atoms with Crippen molar-refractivity contribution >= 4 is 22.5 Å². The number of anilines is 1. The topological polar surface area (TPSA) is 60.5 Å². The van der Waals surface area contributed by atoms with Gasteiger partial charge in [-0.2, -0.15) is 0 Å². The molecule has 0 spiro atoms. The largest absolute Gasteiger partial charge is 0.586 e. The Morgan fingerprint density at radius 2 is 1.76 bits per heavy atom. The minimum absolute atomic E-state index is 0.0501. The van der Waals surface area contributed by atoms with Crippen LogP contribution in [0.5, 0.6) is 11.5 Å². The highest BCUT2D eigenvalue weighted by atomic mass is 19.3. The fraction of sp³-hybridized carbons (Fsp3) is 0.385. The van der Waals surface area contributed by atoms with Gasteiger partial charge in [0.15, 0.2) is 11.5 Å². The SMILES string of the molecule is O=C(CC1CC2CC(c3ccnc4ccc(F)cc34)CC2C1)Nc1ccc2c(c1)OC(F)(F)O2. The highest BCUT2D eigenvalue weighted by Crippen LogP contribution is 2.54. The third-order valence-electron chi connectivity index (χ3n) is 7.45. The van der Waals surface area contributed by atoms with Crippen LogP contribution >= 0.6 is 0 Å². The number of aromatic nitrogens is 1. The number of carbonyl (C=O) groups excluding carboxylic acids is 1. The number of pyridine rings is 1. The van der Waals surface area contributed by atoms with Crippen molar-refractivity contribution in [2.75, 3.05) is 5.32 Å². The predicted molar refractivity (Wildman–Crippen MR) is 119 cm³/mol. The summed E-state index contributed by atoms with van der Waals surface area (Å²) in [6, 6.07) is 11.0. The molecule has 2 unspecified atom stereocenters. The van der Waals surface area contributed by atoms with Crippen LogP contribution in [0.1, 0.15) is 43.6 Å². The molecule has 1 N–H and O–H groups in total. The van der Waals surface area contributed by atoms with Crippen LogP contribution < -0.4 is 14.8 Å². The highest BCUT2D eigenvalue weighted by molar-refractivity contribution is 5.91. The molecule has 2 aromatic carbocycles. The Bertz CT molecular complexity index is 1270. The minimum Gasteiger partial charge on any atom is -0.395 e. The molecule has 2 atom stereocenters. The van der Waals surface area contributed by atoms with Gasteiger partial charge >= 0.3 is 6.29 Å². The molecule has 2 heterocycles. The summed E-state index contributed by atoms with van der Waals surface area (Å²) >= 11 is 0. The molecule has 5 nitrogen and oxygen atoms in total. The molecular formula is C26H23F3N2O3. The molecule has 1 amide bonds. The van der Waals surface area contributed by atoms with Gasteiger partial charge in [-0.3, -0.25) is 9.78 Å². The van der Waals surface area contributed by atoms with Crippen LogP contribution in [0.15, 0.2) is 48.7 Å². The summed E-state index contributed by atoms with van der Waals surface area (Å²) in [7, 11) is 0. The smallest absolute Gasteiger partial charge is 0.395 e. The zero-order valence-electron chi connectivity index (χ0n) is 18.3. The molecule has 2 aliphatic carbocycles. The number of hydrogen-bond acceptors (Lipinski definition) is 4. The average molecular weight is 468 g/mol. The van der Waals surface area contributed by atoms with Gasteiger partial charge in [0.2, 0.25) is 5.91 Å². The Balaban J connectivity index is 1.07. The number of fused-ring (bicyclic) bond motifs is 3. The number of nitrogens with one attached hydrogen (secondary N) is 1. The fourth-order valence-corrected chi connectivity index (χ4v) is 6.16. The van der Waals surface area contributed by atoms with Crippen LogP contribution in [-0.2, 0) is 4.79 Å². The van der Waals surface area contributed by atoms with Crippen LogP contribution in [0, 0.1) is 23.6 Å². The second kappa shape index (κ2) is 7.89. The van der Waals surface area contributed by atoms with Crippen LogP contribution in [0.2, 0.25) is 0 Å². The number of rotatable bonds is 4. The maximum absolute atomic E-state index is 13.9. The molecular weight excluding hydrogens is 445 g/mol. The average Bonchev–Trinajstić information content (AvgIpc) is 3.42. The van der Waals surface area contributed by atoms with Gasteiger partial charge in [-0.1, -0.05) is 0 Å². The van der Waals surface area contributed by atoms with Crippen molar-refractivity contribution in [2.24, 2.45) is 17.8 Å². The van der Waals surface area contributed by atoms with E-state index in [1.165, 1.54) is 29.8 Å². The molecule has 8 heteroatoms. The Hall–Kier alpha value is -3.29. The second-order valence-corrected chi connectivity index (χ2v) is 9.67. The number of alkyl halides is 2. The Kier molecular flexibility index (Phi) is 4.93. The maximum atomic E-state index is 13.9. The van der Waals surface area contributed by atoms with Gasteiger partial charge in [0, 0.05) is 29.8 Å². The van der Waals surface area contributed by atoms with Crippen molar-refractivity contribution < 1.29 is 27.4 Å². The van der Waals surface area contributed by atoms with Crippen molar-refractivity contribution in [1.82, 2.24) is 4.98 Å². The van der Waals surface area contributed by atoms with E-state index in [0.29, 0.717) is 35.8 Å². The number of ether oxygens (including phenoxy) is 2. The maximum Gasteiger partial charge on any atom is 0.586 e. The lowest BCUT2D eigenvalue weighted by Gasteiger charge is -2.17. The minimum atomic E-state index is -3.68. The molecule has 3 aliphatic rings. The fourth-order valence-electron chi connectivity index (χ4n) is 6.16. The lowest BCUT2D eigenvalue weighted by molar-refractivity contribution is -0.286. The molecule has 6 rings (SSSR count). The Morgan fingerprint density at radius 1 is 1.00 bits per heavy atom. The normalized spacial score (nSPS) is 26.6. The van der Waals surface area contributed by atoms with E-state index in [4.69, 9.17) is 0 Å². The zero-order valence-corrected chi connectivity index (χ0v) is 18.3. The Morgan fingerprint density at radius 3 is 2.56 bits per heavy atom. The molecule has 0 saturated heterocycles. The quantitative estimate of drug-likeness (QED) is 0.492. The summed E-state index contributed by atoms with van der Waals surface area (Å²) in [6.07, 6.45) is 2.56. The van der Waals surface area contributed by atoms with Crippen molar-refractivity contribution in [3.8, 4) is 11.5 Å². The molecule has 2 saturated carbocycles. The van der Waals surface area contributed by atoms with Crippen molar-refractivity contribution in [2.45, 2.75) is 44.3 Å².